The van der Waals surface area contributed by atoms with Crippen LogP contribution in [0.25, 0.3) is 10.9 Å². The van der Waals surface area contributed by atoms with E-state index < -0.39 is 0 Å². The lowest BCUT2D eigenvalue weighted by Crippen LogP contribution is -2.47. The molecule has 2 aromatic rings. The summed E-state index contributed by atoms with van der Waals surface area (Å²) in [5.41, 5.74) is 2.51. The number of aromatic amines is 1. The number of rotatable bonds is 6. The first-order chi connectivity index (χ1) is 9.54. The van der Waals surface area contributed by atoms with E-state index >= 15 is 0 Å². The van der Waals surface area contributed by atoms with Crippen molar-refractivity contribution >= 4 is 10.9 Å². The second-order valence-corrected chi connectivity index (χ2v) is 5.89. The molecule has 0 amide bonds. The summed E-state index contributed by atoms with van der Waals surface area (Å²) in [6, 6.07) is 9.36. The minimum atomic E-state index is 0.106. The Hall–Kier alpha value is -1.32. The van der Waals surface area contributed by atoms with E-state index in [1.807, 2.05) is 0 Å². The molecule has 20 heavy (non-hydrogen) atoms. The van der Waals surface area contributed by atoms with E-state index in [4.69, 9.17) is 4.74 Å². The molecule has 0 aliphatic heterocycles. The Morgan fingerprint density at radius 3 is 2.35 bits per heavy atom. The van der Waals surface area contributed by atoms with Crippen LogP contribution in [-0.4, -0.2) is 35.3 Å². The second kappa shape index (κ2) is 6.42. The Labute approximate surface area is 121 Å². The predicted octanol–water partition coefficient (Wildman–Crippen LogP) is 3.80. The first-order valence-corrected chi connectivity index (χ1v) is 7.39. The molecule has 110 valence electrons. The number of H-pyrrole nitrogens is 1. The van der Waals surface area contributed by atoms with Crippen molar-refractivity contribution in [2.45, 2.75) is 52.4 Å². The van der Waals surface area contributed by atoms with Gasteiger partial charge in [0.25, 0.3) is 0 Å². The summed E-state index contributed by atoms with van der Waals surface area (Å²) in [7, 11) is 1.80. The molecule has 0 bridgehead atoms. The van der Waals surface area contributed by atoms with Gasteiger partial charge >= 0.3 is 0 Å². The highest BCUT2D eigenvalue weighted by Gasteiger charge is 2.24. The monoisotopic (exact) mass is 274 g/mol. The lowest BCUT2D eigenvalue weighted by Gasteiger charge is -2.37. The van der Waals surface area contributed by atoms with Gasteiger partial charge in [0.2, 0.25) is 0 Å². The van der Waals surface area contributed by atoms with Crippen molar-refractivity contribution < 1.29 is 4.74 Å². The smallest absolute Gasteiger partial charge is 0.114 e. The summed E-state index contributed by atoms with van der Waals surface area (Å²) < 4.78 is 5.77. The van der Waals surface area contributed by atoms with Crippen LogP contribution in [0.4, 0.5) is 0 Å². The van der Waals surface area contributed by atoms with E-state index in [-0.39, 0.29) is 6.23 Å². The maximum Gasteiger partial charge on any atom is 0.114 e. The average molecular weight is 274 g/mol. The van der Waals surface area contributed by atoms with E-state index in [9.17, 15) is 0 Å². The van der Waals surface area contributed by atoms with Crippen LogP contribution in [0.15, 0.2) is 30.5 Å². The minimum Gasteiger partial charge on any atom is -0.366 e. The Balaban J connectivity index is 2.25. The maximum absolute atomic E-state index is 5.77. The van der Waals surface area contributed by atoms with Crippen molar-refractivity contribution in [3.63, 3.8) is 0 Å². The van der Waals surface area contributed by atoms with Crippen molar-refractivity contribution in [2.24, 2.45) is 0 Å². The van der Waals surface area contributed by atoms with Crippen LogP contribution in [0, 0.1) is 0 Å². The number of hydrogen-bond acceptors (Lipinski definition) is 2. The van der Waals surface area contributed by atoms with Crippen molar-refractivity contribution in [3.8, 4) is 0 Å². The molecule has 1 unspecified atom stereocenters. The zero-order valence-corrected chi connectivity index (χ0v) is 13.2. The van der Waals surface area contributed by atoms with Crippen LogP contribution in [0.3, 0.4) is 0 Å². The molecule has 3 heteroatoms. The molecular formula is C17H26N2O. The summed E-state index contributed by atoms with van der Waals surface area (Å²) in [4.78, 5) is 5.76. The van der Waals surface area contributed by atoms with Crippen LogP contribution < -0.4 is 0 Å². The van der Waals surface area contributed by atoms with Crippen molar-refractivity contribution in [1.82, 2.24) is 9.88 Å². The summed E-state index contributed by atoms with van der Waals surface area (Å²) in [5, 5.41) is 1.29. The summed E-state index contributed by atoms with van der Waals surface area (Å²) >= 11 is 0. The molecular weight excluding hydrogens is 248 g/mol. The number of hydrogen-bond donors (Lipinski definition) is 1. The quantitative estimate of drug-likeness (QED) is 0.812. The van der Waals surface area contributed by atoms with Gasteiger partial charge in [0.1, 0.15) is 6.23 Å². The van der Waals surface area contributed by atoms with Gasteiger partial charge in [-0.15, -0.1) is 0 Å². The maximum atomic E-state index is 5.77. The number of ether oxygens (including phenoxy) is 1. The van der Waals surface area contributed by atoms with Gasteiger partial charge in [0.05, 0.1) is 0 Å². The number of benzene rings is 1. The fourth-order valence-electron chi connectivity index (χ4n) is 3.06. The molecule has 1 aromatic carbocycles. The van der Waals surface area contributed by atoms with Crippen LogP contribution >= 0.6 is 0 Å². The van der Waals surface area contributed by atoms with E-state index in [1.54, 1.807) is 7.11 Å². The minimum absolute atomic E-state index is 0.106. The topological polar surface area (TPSA) is 28.3 Å². The fourth-order valence-corrected chi connectivity index (χ4v) is 3.06. The van der Waals surface area contributed by atoms with E-state index in [0.717, 1.165) is 6.42 Å². The van der Waals surface area contributed by atoms with Gasteiger partial charge in [0.15, 0.2) is 0 Å². The molecule has 0 fully saturated rings. The molecule has 2 rings (SSSR count). The lowest BCUT2D eigenvalue weighted by atomic mass is 10.1. The Morgan fingerprint density at radius 1 is 1.10 bits per heavy atom. The Kier molecular flexibility index (Phi) is 4.84. The Bertz CT molecular complexity index is 537. The van der Waals surface area contributed by atoms with Crippen molar-refractivity contribution in [1.29, 1.82) is 0 Å². The number of nitrogens with one attached hydrogen (secondary N) is 1. The molecule has 1 N–H and O–H groups in total. The zero-order chi connectivity index (χ0) is 14.7. The molecule has 0 saturated carbocycles. The van der Waals surface area contributed by atoms with Crippen molar-refractivity contribution in [3.05, 3.63) is 36.0 Å². The van der Waals surface area contributed by atoms with Gasteiger partial charge < -0.3 is 9.72 Å². The highest BCUT2D eigenvalue weighted by Crippen LogP contribution is 2.22. The number of methoxy groups -OCH3 is 1. The van der Waals surface area contributed by atoms with E-state index in [1.165, 1.54) is 16.5 Å². The van der Waals surface area contributed by atoms with Gasteiger partial charge in [0, 0.05) is 42.7 Å². The highest BCUT2D eigenvalue weighted by atomic mass is 16.5. The van der Waals surface area contributed by atoms with Gasteiger partial charge in [-0.2, -0.15) is 0 Å². The van der Waals surface area contributed by atoms with E-state index in [0.29, 0.717) is 12.1 Å². The van der Waals surface area contributed by atoms with Gasteiger partial charge in [-0.1, -0.05) is 18.2 Å². The van der Waals surface area contributed by atoms with Crippen LogP contribution in [0.5, 0.6) is 0 Å². The molecule has 0 aliphatic rings. The summed E-state index contributed by atoms with van der Waals surface area (Å²) in [5.74, 6) is 0. The van der Waals surface area contributed by atoms with Gasteiger partial charge in [-0.3, -0.25) is 4.90 Å². The lowest BCUT2D eigenvalue weighted by molar-refractivity contribution is -0.0645. The zero-order valence-electron chi connectivity index (χ0n) is 13.2. The Morgan fingerprint density at radius 2 is 1.75 bits per heavy atom. The molecule has 0 aliphatic carbocycles. The molecule has 1 aromatic heterocycles. The third-order valence-electron chi connectivity index (χ3n) is 3.87. The van der Waals surface area contributed by atoms with Crippen LogP contribution in [-0.2, 0) is 11.2 Å². The predicted molar refractivity (Wildman–Crippen MR) is 84.9 cm³/mol. The molecule has 0 radical (unpaired) electrons. The number of fused-ring (bicyclic) bond motifs is 1. The number of para-hydroxylation sites is 1. The average Bonchev–Trinajstić information content (AvgIpc) is 2.80. The standard InChI is InChI=1S/C17H26N2O/c1-12(2)19(13(3)4)17(20-5)10-14-11-18-16-9-7-6-8-15(14)16/h6-9,11-13,17-18H,10H2,1-5H3. The van der Waals surface area contributed by atoms with Crippen molar-refractivity contribution in [2.75, 3.05) is 7.11 Å². The number of nitrogens with zero attached hydrogens (tertiary/aromatic N) is 1. The molecule has 1 heterocycles. The van der Waals surface area contributed by atoms with Gasteiger partial charge in [-0.25, -0.2) is 0 Å². The number of aromatic nitrogens is 1. The summed E-state index contributed by atoms with van der Waals surface area (Å²) in [6.07, 6.45) is 3.11. The molecule has 0 spiro atoms. The van der Waals surface area contributed by atoms with Gasteiger partial charge in [-0.05, 0) is 39.3 Å². The first kappa shape index (κ1) is 15.1. The fraction of sp³-hybridized carbons (Fsp3) is 0.529. The normalized spacial score (nSPS) is 13.8. The SMILES string of the molecule is COC(Cc1c[nH]c2ccccc12)N(C(C)C)C(C)C. The third-order valence-corrected chi connectivity index (χ3v) is 3.87. The summed E-state index contributed by atoms with van der Waals surface area (Å²) in [6.45, 7) is 8.89. The second-order valence-electron chi connectivity index (χ2n) is 5.89. The van der Waals surface area contributed by atoms with Crippen LogP contribution in [0.2, 0.25) is 0 Å². The highest BCUT2D eigenvalue weighted by molar-refractivity contribution is 5.83. The molecule has 3 nitrogen and oxygen atoms in total. The van der Waals surface area contributed by atoms with Crippen LogP contribution in [0.1, 0.15) is 33.3 Å². The molecule has 0 saturated heterocycles. The third kappa shape index (κ3) is 3.05. The van der Waals surface area contributed by atoms with E-state index in [2.05, 4.69) is 68.0 Å². The first-order valence-electron chi connectivity index (χ1n) is 7.39. The largest absolute Gasteiger partial charge is 0.366 e. The molecule has 1 atom stereocenters.